The Morgan fingerprint density at radius 3 is 2.76 bits per heavy atom. The Labute approximate surface area is 139 Å². The van der Waals surface area contributed by atoms with E-state index in [1.54, 1.807) is 11.3 Å². The lowest BCUT2D eigenvalue weighted by molar-refractivity contribution is 0.0285. The fourth-order valence-electron chi connectivity index (χ4n) is 2.71. The van der Waals surface area contributed by atoms with Gasteiger partial charge in [0.15, 0.2) is 0 Å². The molecule has 2 unspecified atom stereocenters. The summed E-state index contributed by atoms with van der Waals surface area (Å²) in [5.41, 5.74) is 0.840. The molecule has 118 valence electrons. The number of nitrogens with one attached hydrogen (secondary N) is 1. The van der Waals surface area contributed by atoms with Gasteiger partial charge in [0, 0.05) is 29.0 Å². The predicted octanol–water partition coefficient (Wildman–Crippen LogP) is 4.03. The van der Waals surface area contributed by atoms with Crippen LogP contribution < -0.4 is 5.32 Å². The lowest BCUT2D eigenvalue weighted by Crippen LogP contribution is -2.36. The lowest BCUT2D eigenvalue weighted by Gasteiger charge is -2.26. The number of carbonyl (C=O) groups excluding carboxylic acids is 1. The molecular weight excluding hydrogens is 352 g/mol. The summed E-state index contributed by atoms with van der Waals surface area (Å²) >= 11 is 5.30. The lowest BCUT2D eigenvalue weighted by atomic mass is 9.94. The Balaban J connectivity index is 2.01. The van der Waals surface area contributed by atoms with Crippen molar-refractivity contribution in [2.24, 2.45) is 5.92 Å². The van der Waals surface area contributed by atoms with Crippen LogP contribution in [0.4, 0.5) is 4.79 Å². The summed E-state index contributed by atoms with van der Waals surface area (Å²) in [6.07, 6.45) is 0.789. The number of thiophene rings is 1. The summed E-state index contributed by atoms with van der Waals surface area (Å²) < 4.78 is 6.60. The van der Waals surface area contributed by atoms with Gasteiger partial charge in [0.05, 0.1) is 0 Å². The summed E-state index contributed by atoms with van der Waals surface area (Å²) in [5.74, 6) is 0.411. The van der Waals surface area contributed by atoms with E-state index < -0.39 is 5.60 Å². The van der Waals surface area contributed by atoms with Crippen LogP contribution in [0.15, 0.2) is 15.2 Å². The first-order valence-electron chi connectivity index (χ1n) is 7.18. The smallest absolute Gasteiger partial charge is 0.410 e. The molecule has 0 spiro atoms. The Hall–Kier alpha value is -0.590. The average Bonchev–Trinajstić information content (AvgIpc) is 2.99. The Kier molecular flexibility index (Phi) is 5.33. The van der Waals surface area contributed by atoms with E-state index in [0.29, 0.717) is 5.92 Å². The Bertz CT molecular complexity index is 498. The molecule has 1 aromatic rings. The summed E-state index contributed by atoms with van der Waals surface area (Å²) in [4.78, 5) is 14.0. The number of rotatable bonds is 3. The molecule has 2 rings (SSSR count). The first kappa shape index (κ1) is 16.8. The molecule has 1 aliphatic rings. The predicted molar refractivity (Wildman–Crippen MR) is 89.7 cm³/mol. The summed E-state index contributed by atoms with van der Waals surface area (Å²) in [5, 5.41) is 7.66. The second kappa shape index (κ2) is 6.67. The topological polar surface area (TPSA) is 41.6 Å². The highest BCUT2D eigenvalue weighted by Crippen LogP contribution is 2.35. The minimum atomic E-state index is -0.437. The highest BCUT2D eigenvalue weighted by molar-refractivity contribution is 9.10. The Morgan fingerprint density at radius 2 is 2.24 bits per heavy atom. The van der Waals surface area contributed by atoms with Crippen molar-refractivity contribution >= 4 is 33.4 Å². The molecule has 4 nitrogen and oxygen atoms in total. The van der Waals surface area contributed by atoms with E-state index in [1.807, 2.05) is 32.7 Å². The van der Waals surface area contributed by atoms with Gasteiger partial charge >= 0.3 is 6.09 Å². The van der Waals surface area contributed by atoms with Crippen LogP contribution in [0, 0.1) is 5.92 Å². The second-order valence-corrected chi connectivity index (χ2v) is 8.01. The van der Waals surface area contributed by atoms with Gasteiger partial charge < -0.3 is 15.0 Å². The molecule has 6 heteroatoms. The van der Waals surface area contributed by atoms with Gasteiger partial charge in [0.2, 0.25) is 0 Å². The van der Waals surface area contributed by atoms with Gasteiger partial charge in [-0.2, -0.15) is 11.3 Å². The highest BCUT2D eigenvalue weighted by Gasteiger charge is 2.34. The van der Waals surface area contributed by atoms with Crippen molar-refractivity contribution in [1.82, 2.24) is 10.2 Å². The molecule has 1 amide bonds. The monoisotopic (exact) mass is 374 g/mol. The molecule has 1 fully saturated rings. The third kappa shape index (κ3) is 4.20. The number of hydrogen-bond acceptors (Lipinski definition) is 4. The van der Waals surface area contributed by atoms with Crippen molar-refractivity contribution in [3.8, 4) is 0 Å². The van der Waals surface area contributed by atoms with Crippen molar-refractivity contribution in [2.45, 2.75) is 38.8 Å². The molecule has 0 aliphatic carbocycles. The Morgan fingerprint density at radius 1 is 1.52 bits per heavy atom. The molecule has 2 atom stereocenters. The first-order valence-corrected chi connectivity index (χ1v) is 8.92. The van der Waals surface area contributed by atoms with Crippen LogP contribution in [0.25, 0.3) is 0 Å². The van der Waals surface area contributed by atoms with E-state index in [9.17, 15) is 4.79 Å². The minimum Gasteiger partial charge on any atom is -0.444 e. The van der Waals surface area contributed by atoms with Gasteiger partial charge in [-0.1, -0.05) is 0 Å². The quantitative estimate of drug-likeness (QED) is 0.868. The van der Waals surface area contributed by atoms with Crippen molar-refractivity contribution in [2.75, 3.05) is 20.1 Å². The van der Waals surface area contributed by atoms with Gasteiger partial charge in [-0.15, -0.1) is 0 Å². The van der Waals surface area contributed by atoms with Crippen LogP contribution in [0.3, 0.4) is 0 Å². The van der Waals surface area contributed by atoms with E-state index >= 15 is 0 Å². The third-order valence-electron chi connectivity index (χ3n) is 3.64. The number of hydrogen-bond donors (Lipinski definition) is 1. The van der Waals surface area contributed by atoms with Gasteiger partial charge in [0.1, 0.15) is 5.60 Å². The first-order chi connectivity index (χ1) is 9.81. The van der Waals surface area contributed by atoms with Crippen molar-refractivity contribution in [3.63, 3.8) is 0 Å². The zero-order valence-electron chi connectivity index (χ0n) is 13.0. The maximum atomic E-state index is 12.1. The van der Waals surface area contributed by atoms with Crippen LogP contribution in [0.2, 0.25) is 0 Å². The third-order valence-corrected chi connectivity index (χ3v) is 5.39. The van der Waals surface area contributed by atoms with Gasteiger partial charge in [0.25, 0.3) is 0 Å². The SMILES string of the molecule is CNC(c1cscc1Br)C1CCN(C(=O)OC(C)(C)C)C1. The van der Waals surface area contributed by atoms with Crippen LogP contribution >= 0.6 is 27.3 Å². The molecule has 0 radical (unpaired) electrons. The van der Waals surface area contributed by atoms with Crippen molar-refractivity contribution in [3.05, 3.63) is 20.8 Å². The van der Waals surface area contributed by atoms with Crippen molar-refractivity contribution in [1.29, 1.82) is 0 Å². The zero-order chi connectivity index (χ0) is 15.6. The normalized spacial score (nSPS) is 20.6. The summed E-state index contributed by atoms with van der Waals surface area (Å²) in [6, 6.07) is 0.262. The minimum absolute atomic E-state index is 0.204. The zero-order valence-corrected chi connectivity index (χ0v) is 15.4. The maximum absolute atomic E-state index is 12.1. The molecule has 1 aromatic heterocycles. The largest absolute Gasteiger partial charge is 0.444 e. The van der Waals surface area contributed by atoms with Crippen LogP contribution in [-0.2, 0) is 4.74 Å². The van der Waals surface area contributed by atoms with Crippen LogP contribution in [0.1, 0.15) is 38.8 Å². The average molecular weight is 375 g/mol. The molecular formula is C15H23BrN2O2S. The highest BCUT2D eigenvalue weighted by atomic mass is 79.9. The molecule has 0 bridgehead atoms. The number of ether oxygens (including phenoxy) is 1. The van der Waals surface area contributed by atoms with Crippen LogP contribution in [0.5, 0.6) is 0 Å². The maximum Gasteiger partial charge on any atom is 0.410 e. The summed E-state index contributed by atoms with van der Waals surface area (Å²) in [7, 11) is 1.98. The van der Waals surface area contributed by atoms with Crippen LogP contribution in [-0.4, -0.2) is 36.7 Å². The van der Waals surface area contributed by atoms with Gasteiger partial charge in [-0.25, -0.2) is 4.79 Å². The number of carbonyl (C=O) groups is 1. The molecule has 0 aromatic carbocycles. The van der Waals surface area contributed by atoms with E-state index in [1.165, 1.54) is 5.56 Å². The fourth-order valence-corrected chi connectivity index (χ4v) is 4.29. The molecule has 0 saturated carbocycles. The van der Waals surface area contributed by atoms with E-state index in [0.717, 1.165) is 24.0 Å². The fraction of sp³-hybridized carbons (Fsp3) is 0.667. The molecule has 1 saturated heterocycles. The van der Waals surface area contributed by atoms with Crippen molar-refractivity contribution < 1.29 is 9.53 Å². The summed E-state index contributed by atoms with van der Waals surface area (Å²) in [6.45, 7) is 7.20. The van der Waals surface area contributed by atoms with E-state index in [2.05, 4.69) is 32.0 Å². The molecule has 1 N–H and O–H groups in total. The number of amides is 1. The molecule has 1 aliphatic heterocycles. The number of likely N-dealkylation sites (tertiary alicyclic amines) is 1. The van der Waals surface area contributed by atoms with Gasteiger partial charge in [-0.3, -0.25) is 0 Å². The standard InChI is InChI=1S/C15H23BrN2O2S/c1-15(2,3)20-14(19)18-6-5-10(7-18)13(17-4)11-8-21-9-12(11)16/h8-10,13,17H,5-7H2,1-4H3. The van der Waals surface area contributed by atoms with E-state index in [4.69, 9.17) is 4.74 Å². The number of halogens is 1. The van der Waals surface area contributed by atoms with Gasteiger partial charge in [-0.05, 0) is 67.0 Å². The molecule has 2 heterocycles. The van der Waals surface area contributed by atoms with E-state index in [-0.39, 0.29) is 12.1 Å². The number of nitrogens with zero attached hydrogens (tertiary/aromatic N) is 1. The second-order valence-electron chi connectivity index (χ2n) is 6.42. The molecule has 21 heavy (non-hydrogen) atoms.